The Bertz CT molecular complexity index is 376. The van der Waals surface area contributed by atoms with Gasteiger partial charge >= 0.3 is 0 Å². The number of nitrogens with one attached hydrogen (secondary N) is 1. The van der Waals surface area contributed by atoms with Crippen molar-refractivity contribution in [2.75, 3.05) is 19.8 Å². The highest BCUT2D eigenvalue weighted by Gasteiger charge is 2.13. The van der Waals surface area contributed by atoms with Crippen molar-refractivity contribution in [1.82, 2.24) is 5.32 Å². The van der Waals surface area contributed by atoms with Crippen LogP contribution in [0.5, 0.6) is 11.5 Å². The van der Waals surface area contributed by atoms with Gasteiger partial charge in [-0.05, 0) is 24.6 Å². The van der Waals surface area contributed by atoms with Crippen molar-refractivity contribution in [2.24, 2.45) is 0 Å². The summed E-state index contributed by atoms with van der Waals surface area (Å²) >= 11 is 0. The molecular formula is C13H17NO2. The molecule has 86 valence electrons. The molecule has 0 aliphatic carbocycles. The maximum Gasteiger partial charge on any atom is 0.161 e. The molecule has 0 aromatic heterocycles. The summed E-state index contributed by atoms with van der Waals surface area (Å²) < 4.78 is 11.0. The smallest absolute Gasteiger partial charge is 0.161 e. The molecule has 0 amide bonds. The summed E-state index contributed by atoms with van der Waals surface area (Å²) in [6.45, 7) is 7.88. The number of ether oxygens (including phenoxy) is 2. The lowest BCUT2D eigenvalue weighted by Gasteiger charge is -2.20. The number of benzene rings is 1. The van der Waals surface area contributed by atoms with Gasteiger partial charge in [-0.15, -0.1) is 6.58 Å². The van der Waals surface area contributed by atoms with Gasteiger partial charge in [-0.1, -0.05) is 12.1 Å². The fourth-order valence-corrected chi connectivity index (χ4v) is 1.71. The van der Waals surface area contributed by atoms with Crippen LogP contribution in [0.3, 0.4) is 0 Å². The van der Waals surface area contributed by atoms with Crippen molar-refractivity contribution in [2.45, 2.75) is 13.0 Å². The molecule has 0 saturated carbocycles. The van der Waals surface area contributed by atoms with E-state index in [0.29, 0.717) is 13.2 Å². The zero-order valence-corrected chi connectivity index (χ0v) is 9.53. The van der Waals surface area contributed by atoms with Crippen LogP contribution in [0.4, 0.5) is 0 Å². The van der Waals surface area contributed by atoms with E-state index in [1.165, 1.54) is 5.56 Å². The van der Waals surface area contributed by atoms with Crippen molar-refractivity contribution in [3.05, 3.63) is 36.4 Å². The van der Waals surface area contributed by atoms with Gasteiger partial charge in [-0.2, -0.15) is 0 Å². The SMILES string of the molecule is C=CCNC(C)c1ccc2c(c1)OCCO2. The van der Waals surface area contributed by atoms with Crippen LogP contribution in [0.25, 0.3) is 0 Å². The molecule has 1 aromatic rings. The Morgan fingerprint density at radius 2 is 2.12 bits per heavy atom. The normalized spacial score (nSPS) is 15.6. The third-order valence-corrected chi connectivity index (χ3v) is 2.63. The summed E-state index contributed by atoms with van der Waals surface area (Å²) in [4.78, 5) is 0. The second-order valence-electron chi connectivity index (χ2n) is 3.82. The number of fused-ring (bicyclic) bond motifs is 1. The lowest BCUT2D eigenvalue weighted by atomic mass is 10.1. The summed E-state index contributed by atoms with van der Waals surface area (Å²) in [5.41, 5.74) is 1.20. The van der Waals surface area contributed by atoms with Gasteiger partial charge in [0.05, 0.1) is 0 Å². The molecule has 1 aliphatic heterocycles. The number of hydrogen-bond acceptors (Lipinski definition) is 3. The predicted molar refractivity (Wildman–Crippen MR) is 64.0 cm³/mol. The average molecular weight is 219 g/mol. The fraction of sp³-hybridized carbons (Fsp3) is 0.385. The molecule has 3 nitrogen and oxygen atoms in total. The largest absolute Gasteiger partial charge is 0.486 e. The third kappa shape index (κ3) is 2.36. The Kier molecular flexibility index (Phi) is 3.47. The Balaban J connectivity index is 2.13. The van der Waals surface area contributed by atoms with Gasteiger partial charge in [0.2, 0.25) is 0 Å². The molecule has 1 unspecified atom stereocenters. The first-order valence-corrected chi connectivity index (χ1v) is 5.55. The molecule has 0 saturated heterocycles. The molecule has 1 aliphatic rings. The highest BCUT2D eigenvalue weighted by molar-refractivity contribution is 5.44. The van der Waals surface area contributed by atoms with E-state index in [1.807, 2.05) is 18.2 Å². The van der Waals surface area contributed by atoms with Crippen LogP contribution in [0, 0.1) is 0 Å². The number of hydrogen-bond donors (Lipinski definition) is 1. The Morgan fingerprint density at radius 3 is 2.88 bits per heavy atom. The van der Waals surface area contributed by atoms with Gasteiger partial charge in [0.1, 0.15) is 13.2 Å². The van der Waals surface area contributed by atoms with Crippen LogP contribution >= 0.6 is 0 Å². The van der Waals surface area contributed by atoms with E-state index in [4.69, 9.17) is 9.47 Å². The minimum absolute atomic E-state index is 0.286. The summed E-state index contributed by atoms with van der Waals surface area (Å²) in [5.74, 6) is 1.68. The molecule has 16 heavy (non-hydrogen) atoms. The van der Waals surface area contributed by atoms with Crippen LogP contribution in [0.15, 0.2) is 30.9 Å². The van der Waals surface area contributed by atoms with Gasteiger partial charge in [0.25, 0.3) is 0 Å². The lowest BCUT2D eigenvalue weighted by Crippen LogP contribution is -2.19. The molecule has 1 heterocycles. The maximum atomic E-state index is 5.55. The predicted octanol–water partition coefficient (Wildman–Crippen LogP) is 2.29. The standard InChI is InChI=1S/C13H17NO2/c1-3-6-14-10(2)11-4-5-12-13(9-11)16-8-7-15-12/h3-5,9-10,14H,1,6-8H2,2H3. The zero-order chi connectivity index (χ0) is 11.4. The van der Waals surface area contributed by atoms with Gasteiger partial charge in [0, 0.05) is 12.6 Å². The highest BCUT2D eigenvalue weighted by atomic mass is 16.6. The molecule has 3 heteroatoms. The Hall–Kier alpha value is -1.48. The van der Waals surface area contributed by atoms with Crippen molar-refractivity contribution in [3.8, 4) is 11.5 Å². The van der Waals surface area contributed by atoms with E-state index < -0.39 is 0 Å². The molecule has 0 fully saturated rings. The van der Waals surface area contributed by atoms with Gasteiger partial charge in [0.15, 0.2) is 11.5 Å². The Morgan fingerprint density at radius 1 is 1.38 bits per heavy atom. The van der Waals surface area contributed by atoms with Crippen molar-refractivity contribution in [1.29, 1.82) is 0 Å². The minimum Gasteiger partial charge on any atom is -0.486 e. The summed E-state index contributed by atoms with van der Waals surface area (Å²) in [5, 5.41) is 3.34. The zero-order valence-electron chi connectivity index (χ0n) is 9.53. The topological polar surface area (TPSA) is 30.5 Å². The van der Waals surface area contributed by atoms with Crippen LogP contribution in [0.1, 0.15) is 18.5 Å². The van der Waals surface area contributed by atoms with E-state index in [9.17, 15) is 0 Å². The third-order valence-electron chi connectivity index (χ3n) is 2.63. The molecule has 0 spiro atoms. The first kappa shape index (κ1) is 11.0. The van der Waals surface area contributed by atoms with E-state index in [0.717, 1.165) is 18.0 Å². The van der Waals surface area contributed by atoms with Crippen molar-refractivity contribution >= 4 is 0 Å². The molecule has 0 radical (unpaired) electrons. The van der Waals surface area contributed by atoms with Crippen LogP contribution in [0.2, 0.25) is 0 Å². The van der Waals surface area contributed by atoms with E-state index >= 15 is 0 Å². The molecule has 1 N–H and O–H groups in total. The van der Waals surface area contributed by atoms with Gasteiger partial charge in [-0.25, -0.2) is 0 Å². The molecule has 0 bridgehead atoms. The summed E-state index contributed by atoms with van der Waals surface area (Å²) in [6.07, 6.45) is 1.86. The summed E-state index contributed by atoms with van der Waals surface area (Å²) in [7, 11) is 0. The van der Waals surface area contributed by atoms with E-state index in [2.05, 4.69) is 24.9 Å². The van der Waals surface area contributed by atoms with Crippen molar-refractivity contribution in [3.63, 3.8) is 0 Å². The monoisotopic (exact) mass is 219 g/mol. The Labute approximate surface area is 96.1 Å². The van der Waals surface area contributed by atoms with Crippen LogP contribution < -0.4 is 14.8 Å². The minimum atomic E-state index is 0.286. The summed E-state index contributed by atoms with van der Waals surface area (Å²) in [6, 6.07) is 6.35. The van der Waals surface area contributed by atoms with Crippen molar-refractivity contribution < 1.29 is 9.47 Å². The van der Waals surface area contributed by atoms with Crippen LogP contribution in [-0.2, 0) is 0 Å². The van der Waals surface area contributed by atoms with Crippen LogP contribution in [-0.4, -0.2) is 19.8 Å². The number of rotatable bonds is 4. The molecule has 1 aromatic carbocycles. The first-order chi connectivity index (χ1) is 7.81. The first-order valence-electron chi connectivity index (χ1n) is 5.55. The van der Waals surface area contributed by atoms with E-state index in [-0.39, 0.29) is 6.04 Å². The highest BCUT2D eigenvalue weighted by Crippen LogP contribution is 2.32. The second kappa shape index (κ2) is 5.03. The van der Waals surface area contributed by atoms with Gasteiger partial charge in [-0.3, -0.25) is 0 Å². The molecule has 2 rings (SSSR count). The maximum absolute atomic E-state index is 5.55. The van der Waals surface area contributed by atoms with Gasteiger partial charge < -0.3 is 14.8 Å². The van der Waals surface area contributed by atoms with E-state index in [1.54, 1.807) is 0 Å². The lowest BCUT2D eigenvalue weighted by molar-refractivity contribution is 0.171. The molecule has 1 atom stereocenters. The quantitative estimate of drug-likeness (QED) is 0.788. The molecular weight excluding hydrogens is 202 g/mol. The average Bonchev–Trinajstić information content (AvgIpc) is 2.35. The second-order valence-corrected chi connectivity index (χ2v) is 3.82. The fourth-order valence-electron chi connectivity index (χ4n) is 1.71.